The van der Waals surface area contributed by atoms with Crippen LogP contribution < -0.4 is 0 Å². The molecular formula is C11H19N3O2. The molecule has 0 amide bonds. The molecule has 0 saturated heterocycles. The van der Waals surface area contributed by atoms with Gasteiger partial charge in [-0.2, -0.15) is 0 Å². The highest BCUT2D eigenvalue weighted by atomic mass is 16.5. The number of aromatic nitrogens is 3. The van der Waals surface area contributed by atoms with E-state index in [-0.39, 0.29) is 5.78 Å². The Bertz CT molecular complexity index is 356. The molecule has 0 aliphatic rings. The topological polar surface area (TPSA) is 57.0 Å². The molecule has 1 aromatic heterocycles. The average Bonchev–Trinajstić information content (AvgIpc) is 2.71. The van der Waals surface area contributed by atoms with E-state index in [4.69, 9.17) is 4.74 Å². The number of aryl methyl sites for hydroxylation is 1. The molecule has 1 rings (SSSR count). The Hall–Kier alpha value is -1.23. The number of nitrogens with zero attached hydrogens (tertiary/aromatic N) is 3. The van der Waals surface area contributed by atoms with Gasteiger partial charge in [-0.3, -0.25) is 4.79 Å². The van der Waals surface area contributed by atoms with Gasteiger partial charge in [-0.15, -0.1) is 5.10 Å². The minimum Gasteiger partial charge on any atom is -0.367 e. The summed E-state index contributed by atoms with van der Waals surface area (Å²) in [4.78, 5) is 12.4. The van der Waals surface area contributed by atoms with Gasteiger partial charge >= 0.3 is 0 Å². The van der Waals surface area contributed by atoms with Crippen molar-refractivity contribution >= 4 is 5.78 Å². The van der Waals surface area contributed by atoms with E-state index >= 15 is 0 Å². The number of carbonyl (C=O) groups is 1. The lowest BCUT2D eigenvalue weighted by molar-refractivity contribution is -0.0256. The largest absolute Gasteiger partial charge is 0.367 e. The Morgan fingerprint density at radius 3 is 2.44 bits per heavy atom. The van der Waals surface area contributed by atoms with Gasteiger partial charge in [0.1, 0.15) is 11.3 Å². The summed E-state index contributed by atoms with van der Waals surface area (Å²) in [6.45, 7) is 6.34. The molecule has 0 aliphatic heterocycles. The van der Waals surface area contributed by atoms with Crippen molar-refractivity contribution < 1.29 is 9.53 Å². The number of carbonyl (C=O) groups excluding carboxylic acids is 1. The summed E-state index contributed by atoms with van der Waals surface area (Å²) in [5.74, 6) is -0.0353. The molecule has 16 heavy (non-hydrogen) atoms. The Morgan fingerprint density at radius 1 is 1.44 bits per heavy atom. The zero-order valence-electron chi connectivity index (χ0n) is 10.4. The molecule has 0 atom stereocenters. The van der Waals surface area contributed by atoms with Gasteiger partial charge in [0.15, 0.2) is 0 Å². The first kappa shape index (κ1) is 12.8. The summed E-state index contributed by atoms with van der Waals surface area (Å²) in [5.41, 5.74) is -0.235. The lowest BCUT2D eigenvalue weighted by Gasteiger charge is -2.29. The van der Waals surface area contributed by atoms with Crippen LogP contribution in [0.4, 0.5) is 0 Å². The minimum absolute atomic E-state index is 0.0353. The highest BCUT2D eigenvalue weighted by molar-refractivity contribution is 6.00. The molecule has 1 heterocycles. The minimum atomic E-state index is -0.732. The molecule has 5 nitrogen and oxygen atoms in total. The SMILES string of the molecule is CCOC(CC)(CC)C(=O)c1cnnn1C. The fraction of sp³-hybridized carbons (Fsp3) is 0.727. The van der Waals surface area contributed by atoms with Crippen LogP contribution in [0.2, 0.25) is 0 Å². The molecule has 0 aliphatic carbocycles. The van der Waals surface area contributed by atoms with Gasteiger partial charge in [0.05, 0.1) is 6.20 Å². The van der Waals surface area contributed by atoms with Crippen LogP contribution in [0.5, 0.6) is 0 Å². The molecule has 0 unspecified atom stereocenters. The zero-order chi connectivity index (χ0) is 12.2. The lowest BCUT2D eigenvalue weighted by Crippen LogP contribution is -2.41. The van der Waals surface area contributed by atoms with Gasteiger partial charge in [0, 0.05) is 13.7 Å². The summed E-state index contributed by atoms with van der Waals surface area (Å²) in [5, 5.41) is 7.49. The van der Waals surface area contributed by atoms with E-state index in [9.17, 15) is 4.79 Å². The molecule has 0 bridgehead atoms. The van der Waals surface area contributed by atoms with Crippen molar-refractivity contribution in [1.82, 2.24) is 15.0 Å². The maximum atomic E-state index is 12.4. The maximum absolute atomic E-state index is 12.4. The zero-order valence-corrected chi connectivity index (χ0v) is 10.4. The van der Waals surface area contributed by atoms with Gasteiger partial charge in [0.2, 0.25) is 5.78 Å². The molecule has 5 heteroatoms. The number of Topliss-reactive ketones (excluding diaryl/α,β-unsaturated/α-hetero) is 1. The van der Waals surface area contributed by atoms with Crippen molar-refractivity contribution in [3.8, 4) is 0 Å². The van der Waals surface area contributed by atoms with Gasteiger partial charge in [-0.05, 0) is 19.8 Å². The third-order valence-electron chi connectivity index (χ3n) is 2.92. The van der Waals surface area contributed by atoms with Crippen LogP contribution in [0, 0.1) is 0 Å². The van der Waals surface area contributed by atoms with Crippen LogP contribution in [-0.2, 0) is 11.8 Å². The van der Waals surface area contributed by atoms with E-state index in [0.29, 0.717) is 25.1 Å². The van der Waals surface area contributed by atoms with Crippen molar-refractivity contribution in [2.24, 2.45) is 7.05 Å². The van der Waals surface area contributed by atoms with E-state index in [1.165, 1.54) is 10.9 Å². The second-order valence-corrected chi connectivity index (χ2v) is 3.71. The van der Waals surface area contributed by atoms with Crippen molar-refractivity contribution in [2.75, 3.05) is 6.61 Å². The molecular weight excluding hydrogens is 206 g/mol. The second kappa shape index (κ2) is 5.21. The smallest absolute Gasteiger partial charge is 0.214 e. The van der Waals surface area contributed by atoms with E-state index in [0.717, 1.165) is 0 Å². The fourth-order valence-electron chi connectivity index (χ4n) is 1.85. The standard InChI is InChI=1S/C11H19N3O2/c1-5-11(6-2,16-7-3)10(15)9-8-12-13-14(9)4/h8H,5-7H2,1-4H3. The quantitative estimate of drug-likeness (QED) is 0.690. The van der Waals surface area contributed by atoms with Crippen LogP contribution in [0.1, 0.15) is 44.1 Å². The molecule has 0 N–H and O–H groups in total. The third-order valence-corrected chi connectivity index (χ3v) is 2.92. The third kappa shape index (κ3) is 2.14. The van der Waals surface area contributed by atoms with Gasteiger partial charge < -0.3 is 4.74 Å². The summed E-state index contributed by atoms with van der Waals surface area (Å²) in [7, 11) is 1.71. The highest BCUT2D eigenvalue weighted by Gasteiger charge is 2.37. The molecule has 0 saturated carbocycles. The van der Waals surface area contributed by atoms with E-state index < -0.39 is 5.60 Å². The Balaban J connectivity index is 3.04. The lowest BCUT2D eigenvalue weighted by atomic mass is 9.90. The molecule has 90 valence electrons. The van der Waals surface area contributed by atoms with Crippen molar-refractivity contribution in [2.45, 2.75) is 39.2 Å². The number of hydrogen-bond acceptors (Lipinski definition) is 4. The summed E-state index contributed by atoms with van der Waals surface area (Å²) in [6, 6.07) is 0. The molecule has 0 spiro atoms. The van der Waals surface area contributed by atoms with Crippen LogP contribution in [-0.4, -0.2) is 33.0 Å². The van der Waals surface area contributed by atoms with Crippen LogP contribution >= 0.6 is 0 Å². The van der Waals surface area contributed by atoms with Crippen LogP contribution in [0.25, 0.3) is 0 Å². The van der Waals surface area contributed by atoms with E-state index in [2.05, 4.69) is 10.3 Å². The summed E-state index contributed by atoms with van der Waals surface area (Å²) < 4.78 is 7.14. The Kier molecular flexibility index (Phi) is 4.18. The Labute approximate surface area is 95.8 Å². The fourth-order valence-corrected chi connectivity index (χ4v) is 1.85. The number of ketones is 1. The number of hydrogen-bond donors (Lipinski definition) is 0. The monoisotopic (exact) mass is 225 g/mol. The first-order valence-electron chi connectivity index (χ1n) is 5.64. The van der Waals surface area contributed by atoms with Crippen molar-refractivity contribution in [3.63, 3.8) is 0 Å². The first-order valence-corrected chi connectivity index (χ1v) is 5.64. The number of ether oxygens (including phenoxy) is 1. The number of rotatable bonds is 6. The highest BCUT2D eigenvalue weighted by Crippen LogP contribution is 2.25. The van der Waals surface area contributed by atoms with Gasteiger partial charge in [-0.25, -0.2) is 4.68 Å². The molecule has 0 aromatic carbocycles. The average molecular weight is 225 g/mol. The maximum Gasteiger partial charge on any atom is 0.214 e. The van der Waals surface area contributed by atoms with Crippen LogP contribution in [0.15, 0.2) is 6.20 Å². The molecule has 1 aromatic rings. The molecule has 0 radical (unpaired) electrons. The normalized spacial score (nSPS) is 11.8. The van der Waals surface area contributed by atoms with Gasteiger partial charge in [0.25, 0.3) is 0 Å². The van der Waals surface area contributed by atoms with Crippen molar-refractivity contribution in [1.29, 1.82) is 0 Å². The van der Waals surface area contributed by atoms with Gasteiger partial charge in [-0.1, -0.05) is 19.1 Å². The first-order chi connectivity index (χ1) is 7.61. The van der Waals surface area contributed by atoms with E-state index in [1.54, 1.807) is 7.05 Å². The predicted octanol–water partition coefficient (Wildman–Crippen LogP) is 1.59. The second-order valence-electron chi connectivity index (χ2n) is 3.71. The van der Waals surface area contributed by atoms with E-state index in [1.807, 2.05) is 20.8 Å². The Morgan fingerprint density at radius 2 is 2.06 bits per heavy atom. The predicted molar refractivity (Wildman–Crippen MR) is 60.3 cm³/mol. The van der Waals surface area contributed by atoms with Crippen LogP contribution in [0.3, 0.4) is 0 Å². The van der Waals surface area contributed by atoms with Crippen molar-refractivity contribution in [3.05, 3.63) is 11.9 Å². The summed E-state index contributed by atoms with van der Waals surface area (Å²) in [6.07, 6.45) is 2.80. The molecule has 0 fully saturated rings. The summed E-state index contributed by atoms with van der Waals surface area (Å²) >= 11 is 0.